The summed E-state index contributed by atoms with van der Waals surface area (Å²) >= 11 is 1.44. The Bertz CT molecular complexity index is 1150. The van der Waals surface area contributed by atoms with Crippen LogP contribution in [-0.4, -0.2) is 21.6 Å². The fourth-order valence-corrected chi connectivity index (χ4v) is 4.07. The number of thioether (sulfide) groups is 1. The highest BCUT2D eigenvalue weighted by molar-refractivity contribution is 8.00. The van der Waals surface area contributed by atoms with Crippen LogP contribution in [0.25, 0.3) is 10.9 Å². The number of aryl methyl sites for hydroxylation is 1. The monoisotopic (exact) mass is 399 g/mol. The molecule has 0 radical (unpaired) electrons. The van der Waals surface area contributed by atoms with E-state index in [4.69, 9.17) is 0 Å². The first kappa shape index (κ1) is 19.2. The van der Waals surface area contributed by atoms with Crippen molar-refractivity contribution in [1.29, 1.82) is 0 Å². The number of benzene rings is 3. The van der Waals surface area contributed by atoms with Gasteiger partial charge in [0.15, 0.2) is 0 Å². The third kappa shape index (κ3) is 4.81. The summed E-state index contributed by atoms with van der Waals surface area (Å²) in [5.41, 5.74) is 4.06. The molecule has 144 valence electrons. The molecule has 0 aliphatic rings. The Labute approximate surface area is 174 Å². The van der Waals surface area contributed by atoms with Gasteiger partial charge in [-0.05, 0) is 36.6 Å². The molecule has 0 fully saturated rings. The third-order valence-electron chi connectivity index (χ3n) is 4.55. The van der Waals surface area contributed by atoms with Gasteiger partial charge in [-0.2, -0.15) is 0 Å². The van der Waals surface area contributed by atoms with Crippen LogP contribution in [0.3, 0.4) is 0 Å². The second kappa shape index (κ2) is 8.88. The highest BCUT2D eigenvalue weighted by Gasteiger charge is 2.11. The molecule has 5 heteroatoms. The Hall–Kier alpha value is -3.18. The van der Waals surface area contributed by atoms with Gasteiger partial charge in [-0.1, -0.05) is 78.5 Å². The van der Waals surface area contributed by atoms with E-state index in [1.54, 1.807) is 0 Å². The first-order valence-corrected chi connectivity index (χ1v) is 10.5. The van der Waals surface area contributed by atoms with Gasteiger partial charge in [0.05, 0.1) is 11.3 Å². The Morgan fingerprint density at radius 3 is 2.48 bits per heavy atom. The number of para-hydroxylation sites is 2. The zero-order valence-corrected chi connectivity index (χ0v) is 16.9. The molecule has 1 heterocycles. The predicted molar refractivity (Wildman–Crippen MR) is 119 cm³/mol. The van der Waals surface area contributed by atoms with E-state index < -0.39 is 0 Å². The summed E-state index contributed by atoms with van der Waals surface area (Å²) in [6, 6.07) is 26.1. The molecule has 4 aromatic rings. The van der Waals surface area contributed by atoms with E-state index in [9.17, 15) is 4.79 Å². The van der Waals surface area contributed by atoms with Crippen LogP contribution >= 0.6 is 11.8 Å². The highest BCUT2D eigenvalue weighted by Crippen LogP contribution is 2.26. The van der Waals surface area contributed by atoms with Crippen molar-refractivity contribution in [3.05, 3.63) is 95.8 Å². The molecule has 0 aliphatic carbocycles. The van der Waals surface area contributed by atoms with Crippen LogP contribution in [-0.2, 0) is 11.2 Å². The number of rotatable bonds is 6. The molecule has 1 aromatic heterocycles. The molecule has 1 amide bonds. The molecule has 0 saturated carbocycles. The van der Waals surface area contributed by atoms with Crippen molar-refractivity contribution in [1.82, 2.24) is 9.97 Å². The Morgan fingerprint density at radius 2 is 1.62 bits per heavy atom. The minimum absolute atomic E-state index is 0.0455. The summed E-state index contributed by atoms with van der Waals surface area (Å²) in [5, 5.41) is 4.87. The molecule has 0 bridgehead atoms. The zero-order valence-electron chi connectivity index (χ0n) is 16.1. The van der Waals surface area contributed by atoms with Crippen molar-refractivity contribution in [2.75, 3.05) is 11.1 Å². The van der Waals surface area contributed by atoms with Crippen molar-refractivity contribution in [3.8, 4) is 0 Å². The molecule has 4 nitrogen and oxygen atoms in total. The SMILES string of the molecule is Cc1nc(SCC(=O)Nc2ccccc2Cc2ccccc2)c2ccccc2n1. The minimum atomic E-state index is -0.0455. The van der Waals surface area contributed by atoms with Gasteiger partial charge in [0.25, 0.3) is 0 Å². The van der Waals surface area contributed by atoms with Crippen LogP contribution in [0.4, 0.5) is 5.69 Å². The van der Waals surface area contributed by atoms with Gasteiger partial charge >= 0.3 is 0 Å². The molecular formula is C24H21N3OS. The lowest BCUT2D eigenvalue weighted by molar-refractivity contribution is -0.113. The van der Waals surface area contributed by atoms with E-state index in [2.05, 4.69) is 33.5 Å². The maximum absolute atomic E-state index is 12.6. The van der Waals surface area contributed by atoms with Gasteiger partial charge in [-0.15, -0.1) is 0 Å². The van der Waals surface area contributed by atoms with Gasteiger partial charge in [0, 0.05) is 11.1 Å². The fourth-order valence-electron chi connectivity index (χ4n) is 3.20. The van der Waals surface area contributed by atoms with Crippen LogP contribution in [0.1, 0.15) is 17.0 Å². The molecule has 3 aromatic carbocycles. The fraction of sp³-hybridized carbons (Fsp3) is 0.125. The molecule has 0 unspecified atom stereocenters. The topological polar surface area (TPSA) is 54.9 Å². The lowest BCUT2D eigenvalue weighted by Gasteiger charge is -2.11. The summed E-state index contributed by atoms with van der Waals surface area (Å²) in [5.74, 6) is 0.954. The van der Waals surface area contributed by atoms with Gasteiger partial charge in [-0.25, -0.2) is 9.97 Å². The van der Waals surface area contributed by atoms with Gasteiger partial charge in [0.1, 0.15) is 10.9 Å². The Morgan fingerprint density at radius 1 is 0.897 bits per heavy atom. The average molecular weight is 400 g/mol. The number of nitrogens with one attached hydrogen (secondary N) is 1. The largest absolute Gasteiger partial charge is 0.325 e. The highest BCUT2D eigenvalue weighted by atomic mass is 32.2. The zero-order chi connectivity index (χ0) is 20.1. The summed E-state index contributed by atoms with van der Waals surface area (Å²) in [7, 11) is 0. The van der Waals surface area contributed by atoms with Gasteiger partial charge < -0.3 is 5.32 Å². The van der Waals surface area contributed by atoms with E-state index in [-0.39, 0.29) is 5.91 Å². The van der Waals surface area contributed by atoms with Crippen LogP contribution in [0.5, 0.6) is 0 Å². The molecule has 0 atom stereocenters. The quantitative estimate of drug-likeness (QED) is 0.355. The third-order valence-corrected chi connectivity index (χ3v) is 5.54. The molecule has 0 saturated heterocycles. The average Bonchev–Trinajstić information content (AvgIpc) is 2.74. The lowest BCUT2D eigenvalue weighted by atomic mass is 10.0. The number of hydrogen-bond donors (Lipinski definition) is 1. The summed E-state index contributed by atoms with van der Waals surface area (Å²) in [6.45, 7) is 1.87. The number of nitrogens with zero attached hydrogens (tertiary/aromatic N) is 2. The first-order chi connectivity index (χ1) is 14.2. The van der Waals surface area contributed by atoms with Crippen LogP contribution in [0.15, 0.2) is 83.9 Å². The Balaban J connectivity index is 1.46. The number of carbonyl (C=O) groups excluding carboxylic acids is 1. The molecule has 4 rings (SSSR count). The van der Waals surface area contributed by atoms with Gasteiger partial charge in [-0.3, -0.25) is 4.79 Å². The second-order valence-corrected chi connectivity index (χ2v) is 7.71. The number of hydrogen-bond acceptors (Lipinski definition) is 4. The molecule has 0 aliphatic heterocycles. The number of carbonyl (C=O) groups is 1. The molecule has 1 N–H and O–H groups in total. The van der Waals surface area contributed by atoms with E-state index in [1.165, 1.54) is 17.3 Å². The second-order valence-electron chi connectivity index (χ2n) is 6.75. The number of amides is 1. The minimum Gasteiger partial charge on any atom is -0.325 e. The number of aromatic nitrogens is 2. The van der Waals surface area contributed by atoms with Crippen molar-refractivity contribution < 1.29 is 4.79 Å². The number of fused-ring (bicyclic) bond motifs is 1. The van der Waals surface area contributed by atoms with E-state index >= 15 is 0 Å². The summed E-state index contributed by atoms with van der Waals surface area (Å²) < 4.78 is 0. The maximum atomic E-state index is 12.6. The van der Waals surface area contributed by atoms with Crippen molar-refractivity contribution >= 4 is 34.3 Å². The van der Waals surface area contributed by atoms with E-state index in [0.717, 1.165) is 33.6 Å². The van der Waals surface area contributed by atoms with Crippen LogP contribution in [0.2, 0.25) is 0 Å². The lowest BCUT2D eigenvalue weighted by Crippen LogP contribution is -2.15. The van der Waals surface area contributed by atoms with Crippen molar-refractivity contribution in [2.24, 2.45) is 0 Å². The molecular weight excluding hydrogens is 378 g/mol. The van der Waals surface area contributed by atoms with Crippen molar-refractivity contribution in [2.45, 2.75) is 18.4 Å². The summed E-state index contributed by atoms with van der Waals surface area (Å²) in [6.07, 6.45) is 0.778. The normalized spacial score (nSPS) is 10.8. The van der Waals surface area contributed by atoms with Crippen molar-refractivity contribution in [3.63, 3.8) is 0 Å². The molecule has 29 heavy (non-hydrogen) atoms. The van der Waals surface area contributed by atoms with Gasteiger partial charge in [0.2, 0.25) is 5.91 Å². The predicted octanol–water partition coefficient (Wildman–Crippen LogP) is 5.26. The smallest absolute Gasteiger partial charge is 0.234 e. The molecule has 0 spiro atoms. The maximum Gasteiger partial charge on any atom is 0.234 e. The standard InChI is InChI=1S/C24H21N3OS/c1-17-25-22-14-8-6-12-20(22)24(26-17)29-16-23(28)27-21-13-7-5-11-19(21)15-18-9-3-2-4-10-18/h2-14H,15-16H2,1H3,(H,27,28). The number of anilines is 1. The van der Waals surface area contributed by atoms with Crippen LogP contribution < -0.4 is 5.32 Å². The summed E-state index contributed by atoms with van der Waals surface area (Å²) in [4.78, 5) is 21.6. The Kier molecular flexibility index (Phi) is 5.86. The van der Waals surface area contributed by atoms with Crippen LogP contribution in [0, 0.1) is 6.92 Å². The van der Waals surface area contributed by atoms with E-state index in [1.807, 2.05) is 67.6 Å². The van der Waals surface area contributed by atoms with E-state index in [0.29, 0.717) is 11.6 Å². The first-order valence-electron chi connectivity index (χ1n) is 9.47.